The third-order valence-electron chi connectivity index (χ3n) is 4.19. The summed E-state index contributed by atoms with van der Waals surface area (Å²) in [6, 6.07) is 0.608. The fraction of sp³-hybridized carbons (Fsp3) is 0.765. The lowest BCUT2D eigenvalue weighted by Crippen LogP contribution is -2.37. The SMILES string of the molecule is Cc1c(Cl)nc(C(C)C)nc1N(CC(C)C)C1CCCC1. The van der Waals surface area contributed by atoms with Crippen LogP contribution in [-0.2, 0) is 0 Å². The molecule has 0 aliphatic heterocycles. The minimum atomic E-state index is 0.298. The van der Waals surface area contributed by atoms with Gasteiger partial charge < -0.3 is 4.90 Å². The molecule has 2 rings (SSSR count). The van der Waals surface area contributed by atoms with Crippen molar-refractivity contribution < 1.29 is 0 Å². The monoisotopic (exact) mass is 309 g/mol. The summed E-state index contributed by atoms with van der Waals surface area (Å²) < 4.78 is 0. The Morgan fingerprint density at radius 3 is 2.29 bits per heavy atom. The van der Waals surface area contributed by atoms with Crippen molar-refractivity contribution >= 4 is 17.4 Å². The highest BCUT2D eigenvalue weighted by molar-refractivity contribution is 6.30. The summed E-state index contributed by atoms with van der Waals surface area (Å²) in [7, 11) is 0. The zero-order valence-electron chi connectivity index (χ0n) is 14.0. The maximum atomic E-state index is 6.37. The van der Waals surface area contributed by atoms with Gasteiger partial charge in [0.25, 0.3) is 0 Å². The zero-order chi connectivity index (χ0) is 15.6. The van der Waals surface area contributed by atoms with Crippen molar-refractivity contribution in [2.75, 3.05) is 11.4 Å². The molecule has 1 saturated carbocycles. The quantitative estimate of drug-likeness (QED) is 0.719. The third-order valence-corrected chi connectivity index (χ3v) is 4.56. The number of anilines is 1. The Labute approximate surface area is 134 Å². The van der Waals surface area contributed by atoms with Crippen molar-refractivity contribution in [3.05, 3.63) is 16.5 Å². The van der Waals surface area contributed by atoms with E-state index in [4.69, 9.17) is 16.6 Å². The number of aromatic nitrogens is 2. The second kappa shape index (κ2) is 6.95. The topological polar surface area (TPSA) is 29.0 Å². The van der Waals surface area contributed by atoms with Crippen LogP contribution in [0.2, 0.25) is 5.15 Å². The van der Waals surface area contributed by atoms with Crippen molar-refractivity contribution in [3.8, 4) is 0 Å². The van der Waals surface area contributed by atoms with Gasteiger partial charge in [-0.2, -0.15) is 0 Å². The summed E-state index contributed by atoms with van der Waals surface area (Å²) >= 11 is 6.37. The van der Waals surface area contributed by atoms with E-state index < -0.39 is 0 Å². The molecule has 21 heavy (non-hydrogen) atoms. The van der Waals surface area contributed by atoms with Crippen LogP contribution < -0.4 is 4.90 Å². The molecule has 0 spiro atoms. The van der Waals surface area contributed by atoms with Gasteiger partial charge in [-0.15, -0.1) is 0 Å². The maximum absolute atomic E-state index is 6.37. The lowest BCUT2D eigenvalue weighted by molar-refractivity contribution is 0.528. The highest BCUT2D eigenvalue weighted by Gasteiger charge is 2.27. The Morgan fingerprint density at radius 2 is 1.76 bits per heavy atom. The molecule has 118 valence electrons. The number of halogens is 1. The second-order valence-electron chi connectivity index (χ2n) is 6.96. The molecular formula is C17H28ClN3. The van der Waals surface area contributed by atoms with Gasteiger partial charge in [-0.3, -0.25) is 0 Å². The Balaban J connectivity index is 2.42. The fourth-order valence-corrected chi connectivity index (χ4v) is 3.22. The smallest absolute Gasteiger partial charge is 0.137 e. The van der Waals surface area contributed by atoms with E-state index in [2.05, 4.69) is 37.6 Å². The predicted octanol–water partition coefficient (Wildman–Crippen LogP) is 4.97. The van der Waals surface area contributed by atoms with Crippen LogP contribution in [0.5, 0.6) is 0 Å². The largest absolute Gasteiger partial charge is 0.353 e. The van der Waals surface area contributed by atoms with E-state index in [1.54, 1.807) is 0 Å². The van der Waals surface area contributed by atoms with E-state index in [1.807, 2.05) is 6.92 Å². The molecular weight excluding hydrogens is 282 g/mol. The van der Waals surface area contributed by atoms with Crippen molar-refractivity contribution in [1.29, 1.82) is 0 Å². The summed E-state index contributed by atoms with van der Waals surface area (Å²) in [5.74, 6) is 2.82. The van der Waals surface area contributed by atoms with Crippen LogP contribution >= 0.6 is 11.6 Å². The van der Waals surface area contributed by atoms with Gasteiger partial charge in [-0.1, -0.05) is 52.1 Å². The molecule has 1 aliphatic rings. The molecule has 3 nitrogen and oxygen atoms in total. The minimum absolute atomic E-state index is 0.298. The summed E-state index contributed by atoms with van der Waals surface area (Å²) in [5.41, 5.74) is 1.02. The van der Waals surface area contributed by atoms with Gasteiger partial charge >= 0.3 is 0 Å². The van der Waals surface area contributed by atoms with Gasteiger partial charge in [0.05, 0.1) is 0 Å². The first-order valence-corrected chi connectivity index (χ1v) is 8.58. The molecule has 0 N–H and O–H groups in total. The van der Waals surface area contributed by atoms with Gasteiger partial charge in [0.15, 0.2) is 0 Å². The van der Waals surface area contributed by atoms with E-state index in [1.165, 1.54) is 25.7 Å². The molecule has 0 radical (unpaired) electrons. The van der Waals surface area contributed by atoms with Crippen molar-refractivity contribution in [2.45, 2.75) is 72.3 Å². The van der Waals surface area contributed by atoms with Crippen molar-refractivity contribution in [1.82, 2.24) is 9.97 Å². The lowest BCUT2D eigenvalue weighted by Gasteiger charge is -2.33. The van der Waals surface area contributed by atoms with Crippen LogP contribution in [0, 0.1) is 12.8 Å². The van der Waals surface area contributed by atoms with E-state index in [0.717, 1.165) is 23.8 Å². The third kappa shape index (κ3) is 3.88. The average Bonchev–Trinajstić information content (AvgIpc) is 2.92. The molecule has 1 heterocycles. The highest BCUT2D eigenvalue weighted by Crippen LogP contribution is 2.32. The summed E-state index contributed by atoms with van der Waals surface area (Å²) in [4.78, 5) is 11.8. The fourth-order valence-electron chi connectivity index (χ4n) is 3.05. The maximum Gasteiger partial charge on any atom is 0.137 e. The number of hydrogen-bond donors (Lipinski definition) is 0. The van der Waals surface area contributed by atoms with E-state index >= 15 is 0 Å². The van der Waals surface area contributed by atoms with Crippen LogP contribution in [0.25, 0.3) is 0 Å². The number of nitrogens with zero attached hydrogens (tertiary/aromatic N) is 3. The Kier molecular flexibility index (Phi) is 5.48. The van der Waals surface area contributed by atoms with Crippen LogP contribution in [0.4, 0.5) is 5.82 Å². The van der Waals surface area contributed by atoms with Gasteiger partial charge in [-0.25, -0.2) is 9.97 Å². The number of hydrogen-bond acceptors (Lipinski definition) is 3. The van der Waals surface area contributed by atoms with Crippen molar-refractivity contribution in [3.63, 3.8) is 0 Å². The first-order valence-electron chi connectivity index (χ1n) is 8.20. The first-order chi connectivity index (χ1) is 9.90. The van der Waals surface area contributed by atoms with E-state index in [-0.39, 0.29) is 0 Å². The molecule has 1 fully saturated rings. The van der Waals surface area contributed by atoms with Crippen LogP contribution in [0.3, 0.4) is 0 Å². The molecule has 4 heteroatoms. The zero-order valence-corrected chi connectivity index (χ0v) is 14.7. The van der Waals surface area contributed by atoms with Gasteiger partial charge in [0.1, 0.15) is 16.8 Å². The first kappa shape index (κ1) is 16.5. The highest BCUT2D eigenvalue weighted by atomic mass is 35.5. The summed E-state index contributed by atoms with van der Waals surface area (Å²) in [6.45, 7) is 11.9. The van der Waals surface area contributed by atoms with Gasteiger partial charge in [0.2, 0.25) is 0 Å². The normalized spacial score (nSPS) is 16.2. The second-order valence-corrected chi connectivity index (χ2v) is 7.32. The molecule has 0 unspecified atom stereocenters. The molecule has 0 aromatic carbocycles. The van der Waals surface area contributed by atoms with Gasteiger partial charge in [0, 0.05) is 24.1 Å². The minimum Gasteiger partial charge on any atom is -0.353 e. The van der Waals surface area contributed by atoms with Crippen molar-refractivity contribution in [2.24, 2.45) is 5.92 Å². The summed E-state index contributed by atoms with van der Waals surface area (Å²) in [5, 5.41) is 0.607. The standard InChI is InChI=1S/C17H28ClN3/c1-11(2)10-21(14-8-6-7-9-14)17-13(5)15(18)19-16(20-17)12(3)4/h11-12,14H,6-10H2,1-5H3. The van der Waals surface area contributed by atoms with Crippen LogP contribution in [-0.4, -0.2) is 22.6 Å². The van der Waals surface area contributed by atoms with E-state index in [0.29, 0.717) is 23.0 Å². The molecule has 1 aromatic rings. The molecule has 1 aliphatic carbocycles. The molecule has 1 aromatic heterocycles. The Morgan fingerprint density at radius 1 is 1.14 bits per heavy atom. The molecule has 0 bridgehead atoms. The summed E-state index contributed by atoms with van der Waals surface area (Å²) in [6.07, 6.45) is 5.19. The Bertz CT molecular complexity index is 479. The molecule has 0 saturated heterocycles. The van der Waals surface area contributed by atoms with E-state index in [9.17, 15) is 0 Å². The van der Waals surface area contributed by atoms with Crippen LogP contribution in [0.1, 0.15) is 70.7 Å². The molecule has 0 atom stereocenters. The average molecular weight is 310 g/mol. The lowest BCUT2D eigenvalue weighted by atomic mass is 10.1. The van der Waals surface area contributed by atoms with Crippen LogP contribution in [0.15, 0.2) is 0 Å². The number of rotatable bonds is 5. The predicted molar refractivity (Wildman–Crippen MR) is 90.3 cm³/mol. The molecule has 0 amide bonds. The Hall–Kier alpha value is -0.830. The van der Waals surface area contributed by atoms with Gasteiger partial charge in [-0.05, 0) is 25.7 Å².